The van der Waals surface area contributed by atoms with Crippen LogP contribution in [0.3, 0.4) is 0 Å². The molecule has 1 aromatic heterocycles. The third kappa shape index (κ3) is 3.19. The molecule has 0 saturated heterocycles. The summed E-state index contributed by atoms with van der Waals surface area (Å²) in [5.41, 5.74) is 10.4. The summed E-state index contributed by atoms with van der Waals surface area (Å²) in [6, 6.07) is 15.7. The van der Waals surface area contributed by atoms with E-state index < -0.39 is 0 Å². The molecular weight excluding hydrogens is 288 g/mol. The normalized spacial score (nSPS) is 10.7. The standard InChI is InChI=1S/C18H20N4O/c1-20-11-16-22-17(12-3-7-14(19)8-4-12)18(23-16)13-5-9-15(21-2)10-6-13/h3-10,20-21H,11,19H2,1-2H3. The van der Waals surface area contributed by atoms with Gasteiger partial charge in [0.2, 0.25) is 5.89 Å². The molecule has 2 aromatic carbocycles. The highest BCUT2D eigenvalue weighted by atomic mass is 16.4. The molecule has 0 bridgehead atoms. The summed E-state index contributed by atoms with van der Waals surface area (Å²) >= 11 is 0. The van der Waals surface area contributed by atoms with Gasteiger partial charge in [0.15, 0.2) is 5.76 Å². The highest BCUT2D eigenvalue weighted by Crippen LogP contribution is 2.33. The summed E-state index contributed by atoms with van der Waals surface area (Å²) in [7, 11) is 3.77. The number of hydrogen-bond donors (Lipinski definition) is 3. The average molecular weight is 308 g/mol. The Balaban J connectivity index is 2.08. The molecular formula is C18H20N4O. The van der Waals surface area contributed by atoms with Gasteiger partial charge in [0.1, 0.15) is 5.69 Å². The highest BCUT2D eigenvalue weighted by molar-refractivity contribution is 5.78. The first kappa shape index (κ1) is 15.1. The zero-order valence-electron chi connectivity index (χ0n) is 13.3. The molecule has 0 saturated carbocycles. The van der Waals surface area contributed by atoms with Crippen LogP contribution in [0.4, 0.5) is 11.4 Å². The van der Waals surface area contributed by atoms with E-state index in [-0.39, 0.29) is 0 Å². The summed E-state index contributed by atoms with van der Waals surface area (Å²) in [6.45, 7) is 0.580. The number of aromatic nitrogens is 1. The van der Waals surface area contributed by atoms with E-state index in [0.29, 0.717) is 12.4 Å². The predicted octanol–water partition coefficient (Wildman–Crippen LogP) is 3.35. The van der Waals surface area contributed by atoms with Gasteiger partial charge >= 0.3 is 0 Å². The third-order valence-electron chi connectivity index (χ3n) is 3.62. The number of nitrogens with two attached hydrogens (primary N) is 1. The molecule has 0 aliphatic rings. The lowest BCUT2D eigenvalue weighted by molar-refractivity contribution is 0.491. The van der Waals surface area contributed by atoms with Crippen LogP contribution in [-0.4, -0.2) is 19.1 Å². The molecule has 4 N–H and O–H groups in total. The van der Waals surface area contributed by atoms with Gasteiger partial charge in [-0.1, -0.05) is 12.1 Å². The number of nitrogen functional groups attached to an aromatic ring is 1. The van der Waals surface area contributed by atoms with Crippen molar-refractivity contribution in [2.75, 3.05) is 25.1 Å². The maximum atomic E-state index is 5.97. The summed E-state index contributed by atoms with van der Waals surface area (Å²) < 4.78 is 5.97. The van der Waals surface area contributed by atoms with Gasteiger partial charge in [0, 0.05) is 29.5 Å². The Morgan fingerprint density at radius 2 is 1.61 bits per heavy atom. The van der Waals surface area contributed by atoms with Gasteiger partial charge in [-0.3, -0.25) is 0 Å². The molecule has 3 aromatic rings. The van der Waals surface area contributed by atoms with E-state index in [1.165, 1.54) is 0 Å². The highest BCUT2D eigenvalue weighted by Gasteiger charge is 2.16. The monoisotopic (exact) mass is 308 g/mol. The molecule has 23 heavy (non-hydrogen) atoms. The Kier molecular flexibility index (Phi) is 4.30. The number of nitrogens with zero attached hydrogens (tertiary/aromatic N) is 1. The van der Waals surface area contributed by atoms with Crippen molar-refractivity contribution in [1.29, 1.82) is 0 Å². The minimum atomic E-state index is 0.580. The lowest BCUT2D eigenvalue weighted by Gasteiger charge is -2.04. The number of nitrogens with one attached hydrogen (secondary N) is 2. The maximum absolute atomic E-state index is 5.97. The maximum Gasteiger partial charge on any atom is 0.209 e. The van der Waals surface area contributed by atoms with Crippen molar-refractivity contribution in [2.24, 2.45) is 0 Å². The molecule has 5 nitrogen and oxygen atoms in total. The van der Waals surface area contributed by atoms with Gasteiger partial charge in [0.05, 0.1) is 6.54 Å². The number of anilines is 2. The summed E-state index contributed by atoms with van der Waals surface area (Å²) in [5, 5.41) is 6.18. The van der Waals surface area contributed by atoms with Crippen molar-refractivity contribution in [1.82, 2.24) is 10.3 Å². The van der Waals surface area contributed by atoms with Crippen LogP contribution in [0.25, 0.3) is 22.6 Å². The lowest BCUT2D eigenvalue weighted by atomic mass is 10.1. The first-order chi connectivity index (χ1) is 11.2. The van der Waals surface area contributed by atoms with E-state index in [0.717, 1.165) is 34.0 Å². The molecule has 5 heteroatoms. The largest absolute Gasteiger partial charge is 0.439 e. The van der Waals surface area contributed by atoms with Crippen LogP contribution in [0, 0.1) is 0 Å². The van der Waals surface area contributed by atoms with E-state index in [2.05, 4.69) is 15.6 Å². The number of oxazole rings is 1. The van der Waals surface area contributed by atoms with Gasteiger partial charge < -0.3 is 20.8 Å². The molecule has 0 radical (unpaired) electrons. The smallest absolute Gasteiger partial charge is 0.209 e. The van der Waals surface area contributed by atoms with Crippen LogP contribution >= 0.6 is 0 Å². The average Bonchev–Trinajstić information content (AvgIpc) is 3.00. The Morgan fingerprint density at radius 1 is 0.957 bits per heavy atom. The number of benzene rings is 2. The van der Waals surface area contributed by atoms with Crippen LogP contribution in [0.1, 0.15) is 5.89 Å². The summed E-state index contributed by atoms with van der Waals surface area (Å²) in [6.07, 6.45) is 0. The van der Waals surface area contributed by atoms with Crippen LogP contribution < -0.4 is 16.4 Å². The molecule has 118 valence electrons. The summed E-state index contributed by atoms with van der Waals surface area (Å²) in [4.78, 5) is 4.63. The second-order valence-electron chi connectivity index (χ2n) is 5.27. The Hall–Kier alpha value is -2.79. The van der Waals surface area contributed by atoms with Crippen LogP contribution in [0.15, 0.2) is 52.9 Å². The molecule has 0 aliphatic carbocycles. The van der Waals surface area contributed by atoms with Crippen molar-refractivity contribution in [3.8, 4) is 22.6 Å². The molecule has 0 aliphatic heterocycles. The first-order valence-corrected chi connectivity index (χ1v) is 7.49. The minimum Gasteiger partial charge on any atom is -0.439 e. The van der Waals surface area contributed by atoms with Crippen molar-refractivity contribution in [2.45, 2.75) is 6.54 Å². The fraction of sp³-hybridized carbons (Fsp3) is 0.167. The van der Waals surface area contributed by atoms with Crippen molar-refractivity contribution < 1.29 is 4.42 Å². The fourth-order valence-corrected chi connectivity index (χ4v) is 2.41. The van der Waals surface area contributed by atoms with Crippen molar-refractivity contribution in [3.05, 3.63) is 54.4 Å². The topological polar surface area (TPSA) is 76.1 Å². The first-order valence-electron chi connectivity index (χ1n) is 7.49. The van der Waals surface area contributed by atoms with Gasteiger partial charge in [0.25, 0.3) is 0 Å². The molecule has 3 rings (SSSR count). The second kappa shape index (κ2) is 6.54. The second-order valence-corrected chi connectivity index (χ2v) is 5.27. The van der Waals surface area contributed by atoms with E-state index in [9.17, 15) is 0 Å². The number of rotatable bonds is 5. The van der Waals surface area contributed by atoms with E-state index in [4.69, 9.17) is 10.2 Å². The van der Waals surface area contributed by atoms with Gasteiger partial charge in [-0.05, 0) is 43.4 Å². The van der Waals surface area contributed by atoms with E-state index in [1.807, 2.05) is 62.6 Å². The molecule has 0 spiro atoms. The minimum absolute atomic E-state index is 0.580. The Morgan fingerprint density at radius 3 is 2.22 bits per heavy atom. The molecule has 0 amide bonds. The lowest BCUT2D eigenvalue weighted by Crippen LogP contribution is -2.04. The Labute approximate surface area is 135 Å². The van der Waals surface area contributed by atoms with Crippen LogP contribution in [0.5, 0.6) is 0 Å². The molecule has 0 fully saturated rings. The predicted molar refractivity (Wildman–Crippen MR) is 94.1 cm³/mol. The van der Waals surface area contributed by atoms with Gasteiger partial charge in [-0.25, -0.2) is 4.98 Å². The Bertz CT molecular complexity index is 776. The summed E-state index contributed by atoms with van der Waals surface area (Å²) in [5.74, 6) is 1.43. The molecule has 0 atom stereocenters. The van der Waals surface area contributed by atoms with Crippen molar-refractivity contribution >= 4 is 11.4 Å². The fourth-order valence-electron chi connectivity index (χ4n) is 2.41. The van der Waals surface area contributed by atoms with Crippen LogP contribution in [0.2, 0.25) is 0 Å². The molecule has 1 heterocycles. The number of hydrogen-bond acceptors (Lipinski definition) is 5. The SMILES string of the molecule is CNCc1nc(-c2ccc(N)cc2)c(-c2ccc(NC)cc2)o1. The molecule has 0 unspecified atom stereocenters. The van der Waals surface area contributed by atoms with Gasteiger partial charge in [-0.15, -0.1) is 0 Å². The van der Waals surface area contributed by atoms with Gasteiger partial charge in [-0.2, -0.15) is 0 Å². The quantitative estimate of drug-likeness (QED) is 0.630. The van der Waals surface area contributed by atoms with Crippen molar-refractivity contribution in [3.63, 3.8) is 0 Å². The third-order valence-corrected chi connectivity index (χ3v) is 3.62. The van der Waals surface area contributed by atoms with E-state index in [1.54, 1.807) is 0 Å². The zero-order valence-corrected chi connectivity index (χ0v) is 13.3. The van der Waals surface area contributed by atoms with E-state index >= 15 is 0 Å². The van der Waals surface area contributed by atoms with Crippen LogP contribution in [-0.2, 0) is 6.54 Å². The zero-order chi connectivity index (χ0) is 16.2.